The van der Waals surface area contributed by atoms with Gasteiger partial charge in [-0.3, -0.25) is 4.79 Å². The van der Waals surface area contributed by atoms with Gasteiger partial charge in [-0.15, -0.1) is 11.3 Å². The Labute approximate surface area is 138 Å². The van der Waals surface area contributed by atoms with Gasteiger partial charge in [0, 0.05) is 13.0 Å². The number of nitrogens with two attached hydrogens (primary N) is 1. The molecule has 1 saturated carbocycles. The van der Waals surface area contributed by atoms with Crippen LogP contribution in [-0.2, 0) is 11.2 Å². The van der Waals surface area contributed by atoms with Crippen molar-refractivity contribution in [1.82, 2.24) is 15.6 Å². The van der Waals surface area contributed by atoms with Crippen LogP contribution in [0.1, 0.15) is 30.7 Å². The maximum Gasteiger partial charge on any atom is 0.315 e. The van der Waals surface area contributed by atoms with Gasteiger partial charge in [-0.1, -0.05) is 25.0 Å². The quantitative estimate of drug-likeness (QED) is 0.780. The Hall–Kier alpha value is -2.15. The summed E-state index contributed by atoms with van der Waals surface area (Å²) >= 11 is 1.63. The summed E-state index contributed by atoms with van der Waals surface area (Å²) in [5.74, 6) is -0.448. The topological polar surface area (TPSA) is 97.1 Å². The summed E-state index contributed by atoms with van der Waals surface area (Å²) in [6.07, 6.45) is 3.72. The minimum Gasteiger partial charge on any atom is -0.368 e. The van der Waals surface area contributed by atoms with Gasteiger partial charge in [0.05, 0.1) is 15.2 Å². The van der Waals surface area contributed by atoms with Crippen LogP contribution in [0, 0.1) is 0 Å². The van der Waals surface area contributed by atoms with Crippen LogP contribution in [-0.4, -0.2) is 29.0 Å². The van der Waals surface area contributed by atoms with E-state index in [1.807, 2.05) is 24.3 Å². The van der Waals surface area contributed by atoms with Gasteiger partial charge in [0.2, 0.25) is 5.91 Å². The van der Waals surface area contributed by atoms with Gasteiger partial charge in [-0.05, 0) is 25.0 Å². The van der Waals surface area contributed by atoms with Crippen LogP contribution in [0.25, 0.3) is 10.2 Å². The number of urea groups is 1. The highest BCUT2D eigenvalue weighted by molar-refractivity contribution is 7.18. The molecule has 2 aromatic rings. The van der Waals surface area contributed by atoms with Crippen LogP contribution in [0.5, 0.6) is 0 Å². The SMILES string of the molecule is NC(=O)C1(NC(=O)NCCc2nc3ccccc3s2)CCCC1. The van der Waals surface area contributed by atoms with E-state index < -0.39 is 11.4 Å². The number of carbonyl (C=O) groups excluding carboxylic acids is 2. The van der Waals surface area contributed by atoms with Crippen LogP contribution < -0.4 is 16.4 Å². The lowest BCUT2D eigenvalue weighted by atomic mass is 9.97. The first-order valence-corrected chi connectivity index (χ1v) is 8.61. The molecule has 23 heavy (non-hydrogen) atoms. The zero-order valence-electron chi connectivity index (χ0n) is 12.8. The second kappa shape index (κ2) is 6.54. The minimum absolute atomic E-state index is 0.341. The Morgan fingerprint density at radius 1 is 1.26 bits per heavy atom. The van der Waals surface area contributed by atoms with Gasteiger partial charge in [0.25, 0.3) is 0 Å². The minimum atomic E-state index is -0.875. The average Bonchev–Trinajstić information content (AvgIpc) is 3.14. The molecule has 1 heterocycles. The van der Waals surface area contributed by atoms with Crippen LogP contribution in [0.3, 0.4) is 0 Å². The Kier molecular flexibility index (Phi) is 4.47. The molecule has 0 bridgehead atoms. The molecule has 6 nitrogen and oxygen atoms in total. The molecular formula is C16H20N4O2S. The molecule has 3 rings (SSSR count). The summed E-state index contributed by atoms with van der Waals surface area (Å²) in [6.45, 7) is 0.473. The highest BCUT2D eigenvalue weighted by Gasteiger charge is 2.40. The first kappa shape index (κ1) is 15.7. The number of thiazole rings is 1. The van der Waals surface area contributed by atoms with Gasteiger partial charge in [0.15, 0.2) is 0 Å². The number of hydrogen-bond donors (Lipinski definition) is 3. The molecule has 122 valence electrons. The molecule has 0 radical (unpaired) electrons. The van der Waals surface area contributed by atoms with Crippen molar-refractivity contribution in [2.45, 2.75) is 37.6 Å². The highest BCUT2D eigenvalue weighted by atomic mass is 32.1. The third kappa shape index (κ3) is 3.44. The van der Waals surface area contributed by atoms with Crippen LogP contribution >= 0.6 is 11.3 Å². The number of hydrogen-bond acceptors (Lipinski definition) is 4. The largest absolute Gasteiger partial charge is 0.368 e. The van der Waals surface area contributed by atoms with Gasteiger partial charge in [-0.25, -0.2) is 9.78 Å². The summed E-state index contributed by atoms with van der Waals surface area (Å²) in [5.41, 5.74) is 5.56. The van der Waals surface area contributed by atoms with Crippen molar-refractivity contribution in [3.05, 3.63) is 29.3 Å². The molecule has 1 aromatic heterocycles. The van der Waals surface area contributed by atoms with Crippen molar-refractivity contribution in [2.24, 2.45) is 5.73 Å². The van der Waals surface area contributed by atoms with Crippen LogP contribution in [0.2, 0.25) is 0 Å². The molecule has 0 saturated heterocycles. The third-order valence-electron chi connectivity index (χ3n) is 4.24. The molecule has 1 aliphatic carbocycles. The number of nitrogens with one attached hydrogen (secondary N) is 2. The zero-order valence-corrected chi connectivity index (χ0v) is 13.6. The lowest BCUT2D eigenvalue weighted by molar-refractivity contribution is -0.123. The normalized spacial score (nSPS) is 16.3. The molecule has 4 N–H and O–H groups in total. The van der Waals surface area contributed by atoms with Gasteiger partial charge in [0.1, 0.15) is 5.54 Å². The molecule has 1 aliphatic rings. The van der Waals surface area contributed by atoms with Gasteiger partial charge < -0.3 is 16.4 Å². The van der Waals surface area contributed by atoms with Crippen molar-refractivity contribution < 1.29 is 9.59 Å². The summed E-state index contributed by atoms with van der Waals surface area (Å²) < 4.78 is 1.14. The Bertz CT molecular complexity index is 689. The number of para-hydroxylation sites is 1. The van der Waals surface area contributed by atoms with E-state index in [-0.39, 0.29) is 6.03 Å². The van der Waals surface area contributed by atoms with Crippen molar-refractivity contribution in [3.8, 4) is 0 Å². The van der Waals surface area contributed by atoms with E-state index in [0.29, 0.717) is 25.8 Å². The first-order valence-electron chi connectivity index (χ1n) is 7.79. The van der Waals surface area contributed by atoms with Crippen molar-refractivity contribution in [3.63, 3.8) is 0 Å². The number of primary amides is 1. The molecule has 0 unspecified atom stereocenters. The second-order valence-corrected chi connectivity index (χ2v) is 6.97. The first-order chi connectivity index (χ1) is 11.1. The fourth-order valence-corrected chi connectivity index (χ4v) is 3.95. The van der Waals surface area contributed by atoms with Crippen molar-refractivity contribution >= 4 is 33.5 Å². The monoisotopic (exact) mass is 332 g/mol. The third-order valence-corrected chi connectivity index (χ3v) is 5.34. The maximum absolute atomic E-state index is 12.0. The number of aromatic nitrogens is 1. The number of rotatable bonds is 5. The van der Waals surface area contributed by atoms with E-state index >= 15 is 0 Å². The maximum atomic E-state index is 12.0. The Balaban J connectivity index is 1.52. The lowest BCUT2D eigenvalue weighted by Crippen LogP contribution is -2.58. The van der Waals surface area contributed by atoms with E-state index in [4.69, 9.17) is 5.73 Å². The molecule has 1 fully saturated rings. The molecule has 0 aliphatic heterocycles. The molecule has 3 amide bonds. The summed E-state index contributed by atoms with van der Waals surface area (Å²) in [7, 11) is 0. The molecular weight excluding hydrogens is 312 g/mol. The smallest absolute Gasteiger partial charge is 0.315 e. The fraction of sp³-hybridized carbons (Fsp3) is 0.438. The highest BCUT2D eigenvalue weighted by Crippen LogP contribution is 2.29. The predicted octanol–water partition coefficient (Wildman–Crippen LogP) is 1.94. The van der Waals surface area contributed by atoms with E-state index in [0.717, 1.165) is 28.1 Å². The van der Waals surface area contributed by atoms with E-state index in [9.17, 15) is 9.59 Å². The predicted molar refractivity (Wildman–Crippen MR) is 90.3 cm³/mol. The molecule has 0 spiro atoms. The molecule has 1 aromatic carbocycles. The second-order valence-electron chi connectivity index (χ2n) is 5.86. The number of nitrogens with zero attached hydrogens (tertiary/aromatic N) is 1. The standard InChI is InChI=1S/C16H20N4O2S/c17-14(21)16(8-3-4-9-16)20-15(22)18-10-7-13-19-11-5-1-2-6-12(11)23-13/h1-2,5-6H,3-4,7-10H2,(H2,17,21)(H2,18,20,22). The van der Waals surface area contributed by atoms with E-state index in [1.54, 1.807) is 11.3 Å². The average molecular weight is 332 g/mol. The molecule has 7 heteroatoms. The van der Waals surface area contributed by atoms with Gasteiger partial charge in [-0.2, -0.15) is 0 Å². The summed E-state index contributed by atoms with van der Waals surface area (Å²) in [4.78, 5) is 28.2. The van der Waals surface area contributed by atoms with Crippen molar-refractivity contribution in [1.29, 1.82) is 0 Å². The number of carbonyl (C=O) groups is 2. The van der Waals surface area contributed by atoms with E-state index in [2.05, 4.69) is 15.6 Å². The van der Waals surface area contributed by atoms with Gasteiger partial charge >= 0.3 is 6.03 Å². The Morgan fingerprint density at radius 3 is 2.70 bits per heavy atom. The van der Waals surface area contributed by atoms with Crippen LogP contribution in [0.4, 0.5) is 4.79 Å². The Morgan fingerprint density at radius 2 is 2.00 bits per heavy atom. The fourth-order valence-electron chi connectivity index (χ4n) is 2.98. The number of fused-ring (bicyclic) bond motifs is 1. The van der Waals surface area contributed by atoms with Crippen LogP contribution in [0.15, 0.2) is 24.3 Å². The summed E-state index contributed by atoms with van der Waals surface area (Å²) in [6, 6.07) is 7.62. The lowest BCUT2D eigenvalue weighted by Gasteiger charge is -2.26. The molecule has 0 atom stereocenters. The summed E-state index contributed by atoms with van der Waals surface area (Å²) in [5, 5.41) is 6.54. The number of benzene rings is 1. The van der Waals surface area contributed by atoms with Crippen molar-refractivity contribution in [2.75, 3.05) is 6.54 Å². The van der Waals surface area contributed by atoms with E-state index in [1.165, 1.54) is 0 Å². The number of amides is 3. The zero-order chi connectivity index (χ0) is 16.3.